The number of halogens is 2. The molecule has 0 fully saturated rings. The van der Waals surface area contributed by atoms with Crippen LogP contribution in [0.2, 0.25) is 0 Å². The molecular weight excluding hydrogens is 426 g/mol. The van der Waals surface area contributed by atoms with Crippen LogP contribution in [0.1, 0.15) is 45.5 Å². The molecule has 0 bridgehead atoms. The van der Waals surface area contributed by atoms with Gasteiger partial charge in [0, 0.05) is 19.2 Å². The van der Waals surface area contributed by atoms with Crippen LogP contribution in [-0.4, -0.2) is 29.7 Å². The van der Waals surface area contributed by atoms with E-state index in [1.54, 1.807) is 19.9 Å². The molecule has 0 aliphatic rings. The smallest absolute Gasteiger partial charge is 0.255 e. The van der Waals surface area contributed by atoms with Crippen LogP contribution in [0.4, 0.5) is 8.78 Å². The fraction of sp³-hybridized carbons (Fsp3) is 0.346. The first-order valence-electron chi connectivity index (χ1n) is 11.0. The zero-order valence-corrected chi connectivity index (χ0v) is 19.1. The van der Waals surface area contributed by atoms with Crippen LogP contribution < -0.4 is 10.6 Å². The van der Waals surface area contributed by atoms with Gasteiger partial charge in [-0.2, -0.15) is 0 Å². The highest BCUT2D eigenvalue weighted by atomic mass is 19.1. The molecule has 1 amide bonds. The molecule has 33 heavy (non-hydrogen) atoms. The number of amides is 1. The van der Waals surface area contributed by atoms with Crippen molar-refractivity contribution in [2.75, 3.05) is 6.54 Å². The molecule has 3 N–H and O–H groups in total. The van der Waals surface area contributed by atoms with Gasteiger partial charge in [0.15, 0.2) is 0 Å². The minimum Gasteiger partial charge on any atom is -0.466 e. The number of hydrogen-bond donors (Lipinski definition) is 3. The number of hydrogen-bond acceptors (Lipinski definition) is 4. The van der Waals surface area contributed by atoms with Crippen LogP contribution in [0.3, 0.4) is 0 Å². The molecule has 2 aromatic carbocycles. The van der Waals surface area contributed by atoms with Crippen molar-refractivity contribution >= 4 is 5.91 Å². The Morgan fingerprint density at radius 1 is 1.03 bits per heavy atom. The minimum atomic E-state index is -0.997. The molecule has 0 aliphatic heterocycles. The monoisotopic (exact) mass is 456 g/mol. The molecule has 0 radical (unpaired) electrons. The van der Waals surface area contributed by atoms with Gasteiger partial charge >= 0.3 is 0 Å². The Hall–Kier alpha value is -3.03. The van der Waals surface area contributed by atoms with Crippen molar-refractivity contribution in [3.05, 3.63) is 93.9 Å². The van der Waals surface area contributed by atoms with Crippen LogP contribution in [0, 0.1) is 25.5 Å². The van der Waals surface area contributed by atoms with Crippen LogP contribution in [0.15, 0.2) is 52.9 Å². The lowest BCUT2D eigenvalue weighted by atomic mass is 10.00. The SMILES string of the molecule is CCc1cccc(CNC[C@H](O)[C@H](Cc2cc(F)cc(F)c2)NC(=O)c2cc(C)oc2C)c1. The van der Waals surface area contributed by atoms with Crippen molar-refractivity contribution in [3.8, 4) is 0 Å². The van der Waals surface area contributed by atoms with Crippen LogP contribution in [0.5, 0.6) is 0 Å². The Morgan fingerprint density at radius 3 is 2.36 bits per heavy atom. The average molecular weight is 457 g/mol. The first kappa shape index (κ1) is 24.6. The number of aliphatic hydroxyl groups is 1. The largest absolute Gasteiger partial charge is 0.466 e. The first-order valence-corrected chi connectivity index (χ1v) is 11.0. The third-order valence-corrected chi connectivity index (χ3v) is 5.53. The van der Waals surface area contributed by atoms with E-state index in [9.17, 15) is 18.7 Å². The van der Waals surface area contributed by atoms with E-state index in [0.29, 0.717) is 29.2 Å². The lowest BCUT2D eigenvalue weighted by molar-refractivity contribution is 0.0828. The third kappa shape index (κ3) is 6.97. The van der Waals surface area contributed by atoms with Crippen molar-refractivity contribution in [3.63, 3.8) is 0 Å². The van der Waals surface area contributed by atoms with Gasteiger partial charge in [-0.25, -0.2) is 8.78 Å². The molecule has 0 saturated carbocycles. The Morgan fingerprint density at radius 2 is 1.73 bits per heavy atom. The van der Waals surface area contributed by atoms with Crippen LogP contribution in [-0.2, 0) is 19.4 Å². The third-order valence-electron chi connectivity index (χ3n) is 5.53. The van der Waals surface area contributed by atoms with Gasteiger partial charge in [0.1, 0.15) is 23.2 Å². The van der Waals surface area contributed by atoms with Crippen molar-refractivity contribution < 1.29 is 23.1 Å². The maximum Gasteiger partial charge on any atom is 0.255 e. The van der Waals surface area contributed by atoms with Crippen LogP contribution in [0.25, 0.3) is 0 Å². The molecule has 3 aromatic rings. The van der Waals surface area contributed by atoms with E-state index in [1.165, 1.54) is 17.7 Å². The summed E-state index contributed by atoms with van der Waals surface area (Å²) in [5, 5.41) is 16.9. The van der Waals surface area contributed by atoms with Gasteiger partial charge in [0.05, 0.1) is 17.7 Å². The van der Waals surface area contributed by atoms with Gasteiger partial charge in [0.2, 0.25) is 0 Å². The Bertz CT molecular complexity index is 1080. The number of carbonyl (C=O) groups is 1. The molecule has 0 spiro atoms. The molecule has 1 heterocycles. The second kappa shape index (κ2) is 11.2. The maximum atomic E-state index is 13.7. The van der Waals surface area contributed by atoms with Gasteiger partial charge in [-0.15, -0.1) is 0 Å². The van der Waals surface area contributed by atoms with E-state index in [1.807, 2.05) is 12.1 Å². The molecule has 1 aromatic heterocycles. The van der Waals surface area contributed by atoms with Crippen molar-refractivity contribution in [2.24, 2.45) is 0 Å². The minimum absolute atomic E-state index is 0.0600. The standard InChI is InChI=1S/C26H30F2N2O3/c1-4-18-6-5-7-19(9-18)14-29-15-25(31)24(12-20-10-21(27)13-22(28)11-20)30-26(32)23-8-16(2)33-17(23)3/h5-11,13,24-25,29,31H,4,12,14-15H2,1-3H3,(H,30,32)/t24-,25-/m0/s1. The zero-order valence-electron chi connectivity index (χ0n) is 19.1. The first-order chi connectivity index (χ1) is 15.7. The Labute approximate surface area is 192 Å². The van der Waals surface area contributed by atoms with E-state index in [2.05, 4.69) is 29.7 Å². The number of nitrogens with one attached hydrogen (secondary N) is 2. The molecule has 2 atom stereocenters. The number of carbonyl (C=O) groups excluding carboxylic acids is 1. The van der Waals surface area contributed by atoms with Crippen molar-refractivity contribution in [1.29, 1.82) is 0 Å². The maximum absolute atomic E-state index is 13.7. The predicted octanol–water partition coefficient (Wildman–Crippen LogP) is 4.23. The van der Waals surface area contributed by atoms with Crippen LogP contribution >= 0.6 is 0 Å². The van der Waals surface area contributed by atoms with E-state index < -0.39 is 29.7 Å². The summed E-state index contributed by atoms with van der Waals surface area (Å²) in [5.41, 5.74) is 3.00. The summed E-state index contributed by atoms with van der Waals surface area (Å²) in [6.45, 7) is 6.23. The van der Waals surface area contributed by atoms with Crippen molar-refractivity contribution in [2.45, 2.75) is 52.3 Å². The summed E-state index contributed by atoms with van der Waals surface area (Å²) in [6.07, 6.45) is -0.00508. The second-order valence-corrected chi connectivity index (χ2v) is 8.26. The highest BCUT2D eigenvalue weighted by Crippen LogP contribution is 2.16. The summed E-state index contributed by atoms with van der Waals surface area (Å²) in [4.78, 5) is 12.8. The number of rotatable bonds is 10. The van der Waals surface area contributed by atoms with Gasteiger partial charge in [0.25, 0.3) is 5.91 Å². The Kier molecular flexibility index (Phi) is 8.36. The fourth-order valence-corrected chi connectivity index (χ4v) is 3.83. The second-order valence-electron chi connectivity index (χ2n) is 8.26. The lowest BCUT2D eigenvalue weighted by Crippen LogP contribution is -2.48. The summed E-state index contributed by atoms with van der Waals surface area (Å²) in [5.74, 6) is -0.776. The molecule has 0 saturated heterocycles. The lowest BCUT2D eigenvalue weighted by Gasteiger charge is -2.25. The molecular formula is C26H30F2N2O3. The average Bonchev–Trinajstić information content (AvgIpc) is 3.10. The number of furan rings is 1. The van der Waals surface area contributed by atoms with E-state index in [0.717, 1.165) is 18.1 Å². The van der Waals surface area contributed by atoms with Crippen molar-refractivity contribution in [1.82, 2.24) is 10.6 Å². The normalized spacial score (nSPS) is 13.0. The van der Waals surface area contributed by atoms with Gasteiger partial charge in [-0.1, -0.05) is 31.2 Å². The van der Waals surface area contributed by atoms with Gasteiger partial charge in [-0.3, -0.25) is 4.79 Å². The van der Waals surface area contributed by atoms with Gasteiger partial charge < -0.3 is 20.2 Å². The number of aliphatic hydroxyl groups excluding tert-OH is 1. The number of aryl methyl sites for hydroxylation is 3. The summed E-state index contributed by atoms with van der Waals surface area (Å²) in [6, 6.07) is 12.2. The molecule has 176 valence electrons. The highest BCUT2D eigenvalue weighted by Gasteiger charge is 2.24. The summed E-state index contributed by atoms with van der Waals surface area (Å²) in [7, 11) is 0. The highest BCUT2D eigenvalue weighted by molar-refractivity contribution is 5.95. The molecule has 7 heteroatoms. The van der Waals surface area contributed by atoms with Gasteiger partial charge in [-0.05, 0) is 61.6 Å². The summed E-state index contributed by atoms with van der Waals surface area (Å²) < 4.78 is 32.8. The molecule has 3 rings (SSSR count). The van der Waals surface area contributed by atoms with E-state index >= 15 is 0 Å². The zero-order chi connectivity index (χ0) is 24.0. The number of benzene rings is 2. The summed E-state index contributed by atoms with van der Waals surface area (Å²) >= 11 is 0. The van der Waals surface area contributed by atoms with E-state index in [4.69, 9.17) is 4.42 Å². The predicted molar refractivity (Wildman–Crippen MR) is 123 cm³/mol. The molecule has 0 aliphatic carbocycles. The quantitative estimate of drug-likeness (QED) is 0.427. The molecule has 0 unspecified atom stereocenters. The van der Waals surface area contributed by atoms with E-state index in [-0.39, 0.29) is 13.0 Å². The topological polar surface area (TPSA) is 74.5 Å². The fourth-order valence-electron chi connectivity index (χ4n) is 3.83. The Balaban J connectivity index is 1.71. The molecule has 5 nitrogen and oxygen atoms in total.